The van der Waals surface area contributed by atoms with E-state index in [1.54, 1.807) is 6.07 Å². The molecular weight excluding hydrogens is 262 g/mol. The standard InChI is InChI=1S/C15H20ClNO2/c1-11-5-6-13(12(16)9-11)17-14(18)10-15(19)7-3-2-4-8-15/h5-6,9,19H,2-4,7-8,10H2,1H3,(H,17,18). The SMILES string of the molecule is Cc1ccc(NC(=O)CC2(O)CCCCC2)c(Cl)c1. The molecule has 0 heterocycles. The molecule has 0 bridgehead atoms. The number of carbonyl (C=O) groups is 1. The lowest BCUT2D eigenvalue weighted by Gasteiger charge is -2.31. The lowest BCUT2D eigenvalue weighted by molar-refractivity contribution is -0.122. The minimum absolute atomic E-state index is 0.150. The van der Waals surface area contributed by atoms with Crippen molar-refractivity contribution in [3.63, 3.8) is 0 Å². The summed E-state index contributed by atoms with van der Waals surface area (Å²) in [6, 6.07) is 5.50. The number of amides is 1. The van der Waals surface area contributed by atoms with Gasteiger partial charge in [-0.25, -0.2) is 0 Å². The Kier molecular flexibility index (Phi) is 4.48. The maximum absolute atomic E-state index is 12.0. The average Bonchev–Trinajstić information content (AvgIpc) is 2.33. The Labute approximate surface area is 119 Å². The van der Waals surface area contributed by atoms with Crippen molar-refractivity contribution in [3.05, 3.63) is 28.8 Å². The fourth-order valence-corrected chi connectivity index (χ4v) is 2.88. The van der Waals surface area contributed by atoms with Gasteiger partial charge in [0.1, 0.15) is 0 Å². The van der Waals surface area contributed by atoms with Crippen molar-refractivity contribution < 1.29 is 9.90 Å². The lowest BCUT2D eigenvalue weighted by Crippen LogP contribution is -2.35. The number of hydrogen-bond acceptors (Lipinski definition) is 2. The predicted molar refractivity (Wildman–Crippen MR) is 77.5 cm³/mol. The van der Waals surface area contributed by atoms with E-state index < -0.39 is 5.60 Å². The van der Waals surface area contributed by atoms with Gasteiger partial charge in [0.25, 0.3) is 0 Å². The Hall–Kier alpha value is -1.06. The number of aryl methyl sites for hydroxylation is 1. The van der Waals surface area contributed by atoms with Crippen LogP contribution in [0.3, 0.4) is 0 Å². The van der Waals surface area contributed by atoms with Crippen LogP contribution in [0.5, 0.6) is 0 Å². The molecule has 0 aliphatic heterocycles. The normalized spacial score (nSPS) is 18.1. The molecule has 0 atom stereocenters. The van der Waals surface area contributed by atoms with Crippen molar-refractivity contribution in [2.24, 2.45) is 0 Å². The van der Waals surface area contributed by atoms with Gasteiger partial charge in [-0.05, 0) is 37.5 Å². The van der Waals surface area contributed by atoms with E-state index in [1.807, 2.05) is 19.1 Å². The lowest BCUT2D eigenvalue weighted by atomic mass is 9.82. The molecule has 19 heavy (non-hydrogen) atoms. The molecular formula is C15H20ClNO2. The highest BCUT2D eigenvalue weighted by Gasteiger charge is 2.31. The molecule has 104 valence electrons. The maximum atomic E-state index is 12.0. The molecule has 4 heteroatoms. The Morgan fingerprint density at radius 3 is 2.68 bits per heavy atom. The van der Waals surface area contributed by atoms with Crippen LogP contribution in [-0.2, 0) is 4.79 Å². The maximum Gasteiger partial charge on any atom is 0.227 e. The zero-order valence-electron chi connectivity index (χ0n) is 11.2. The van der Waals surface area contributed by atoms with Crippen molar-refractivity contribution in [1.29, 1.82) is 0 Å². The van der Waals surface area contributed by atoms with Gasteiger partial charge in [-0.15, -0.1) is 0 Å². The number of nitrogens with one attached hydrogen (secondary N) is 1. The fraction of sp³-hybridized carbons (Fsp3) is 0.533. The molecule has 2 N–H and O–H groups in total. The number of anilines is 1. The third-order valence-corrected chi connectivity index (χ3v) is 3.99. The smallest absolute Gasteiger partial charge is 0.227 e. The van der Waals surface area contributed by atoms with E-state index in [0.29, 0.717) is 23.6 Å². The van der Waals surface area contributed by atoms with Gasteiger partial charge in [-0.3, -0.25) is 4.79 Å². The van der Waals surface area contributed by atoms with E-state index in [0.717, 1.165) is 24.8 Å². The van der Waals surface area contributed by atoms with Crippen molar-refractivity contribution in [2.75, 3.05) is 5.32 Å². The van der Waals surface area contributed by atoms with E-state index in [9.17, 15) is 9.90 Å². The van der Waals surface area contributed by atoms with Gasteiger partial charge in [0.05, 0.1) is 22.7 Å². The Balaban J connectivity index is 1.97. The Morgan fingerprint density at radius 2 is 2.05 bits per heavy atom. The summed E-state index contributed by atoms with van der Waals surface area (Å²) in [5, 5.41) is 13.6. The topological polar surface area (TPSA) is 49.3 Å². The molecule has 1 amide bonds. The van der Waals surface area contributed by atoms with Gasteiger partial charge < -0.3 is 10.4 Å². The second-order valence-corrected chi connectivity index (χ2v) is 5.90. The van der Waals surface area contributed by atoms with Gasteiger partial charge in [-0.2, -0.15) is 0 Å². The molecule has 1 fully saturated rings. The van der Waals surface area contributed by atoms with Gasteiger partial charge in [-0.1, -0.05) is 36.9 Å². The summed E-state index contributed by atoms with van der Waals surface area (Å²) >= 11 is 6.07. The minimum atomic E-state index is -0.834. The summed E-state index contributed by atoms with van der Waals surface area (Å²) < 4.78 is 0. The molecule has 1 aromatic rings. The Bertz CT molecular complexity index is 467. The van der Waals surface area contributed by atoms with Crippen LogP contribution < -0.4 is 5.32 Å². The molecule has 1 aliphatic rings. The minimum Gasteiger partial charge on any atom is -0.389 e. The summed E-state index contributed by atoms with van der Waals surface area (Å²) in [5.74, 6) is -0.171. The summed E-state index contributed by atoms with van der Waals surface area (Å²) in [7, 11) is 0. The molecule has 1 aromatic carbocycles. The highest BCUT2D eigenvalue weighted by Crippen LogP contribution is 2.31. The fourth-order valence-electron chi connectivity index (χ4n) is 2.60. The predicted octanol–water partition coefficient (Wildman–Crippen LogP) is 3.67. The van der Waals surface area contributed by atoms with Gasteiger partial charge in [0.2, 0.25) is 5.91 Å². The first-order valence-corrected chi connectivity index (χ1v) is 7.15. The first-order chi connectivity index (χ1) is 8.98. The van der Waals surface area contributed by atoms with Crippen molar-refractivity contribution in [1.82, 2.24) is 0 Å². The van der Waals surface area contributed by atoms with E-state index in [-0.39, 0.29) is 12.3 Å². The molecule has 1 saturated carbocycles. The molecule has 0 aromatic heterocycles. The van der Waals surface area contributed by atoms with Crippen LogP contribution in [0.2, 0.25) is 5.02 Å². The third kappa shape index (κ3) is 3.95. The van der Waals surface area contributed by atoms with Crippen molar-refractivity contribution in [3.8, 4) is 0 Å². The quantitative estimate of drug-likeness (QED) is 0.888. The number of carbonyl (C=O) groups excluding carboxylic acids is 1. The van der Waals surface area contributed by atoms with Crippen molar-refractivity contribution >= 4 is 23.2 Å². The van der Waals surface area contributed by atoms with Crippen molar-refractivity contribution in [2.45, 2.75) is 51.0 Å². The molecule has 0 unspecified atom stereocenters. The van der Waals surface area contributed by atoms with Crippen LogP contribution in [0, 0.1) is 6.92 Å². The number of halogens is 1. The number of benzene rings is 1. The molecule has 0 spiro atoms. The van der Waals surface area contributed by atoms with Crippen LogP contribution in [-0.4, -0.2) is 16.6 Å². The highest BCUT2D eigenvalue weighted by atomic mass is 35.5. The summed E-state index contributed by atoms with van der Waals surface area (Å²) in [5.41, 5.74) is 0.824. The molecule has 2 rings (SSSR count). The zero-order valence-corrected chi connectivity index (χ0v) is 12.0. The number of aliphatic hydroxyl groups is 1. The Morgan fingerprint density at radius 1 is 1.37 bits per heavy atom. The summed E-state index contributed by atoms with van der Waals surface area (Å²) in [6.45, 7) is 1.95. The van der Waals surface area contributed by atoms with Gasteiger partial charge >= 0.3 is 0 Å². The van der Waals surface area contributed by atoms with Crippen LogP contribution in [0.25, 0.3) is 0 Å². The van der Waals surface area contributed by atoms with E-state index in [4.69, 9.17) is 11.6 Å². The van der Waals surface area contributed by atoms with Crippen LogP contribution >= 0.6 is 11.6 Å². The summed E-state index contributed by atoms with van der Waals surface area (Å²) in [6.07, 6.45) is 4.71. The number of rotatable bonds is 3. The average molecular weight is 282 g/mol. The van der Waals surface area contributed by atoms with Gasteiger partial charge in [0.15, 0.2) is 0 Å². The first-order valence-electron chi connectivity index (χ1n) is 6.77. The molecule has 1 aliphatic carbocycles. The molecule has 0 radical (unpaired) electrons. The molecule has 3 nitrogen and oxygen atoms in total. The first kappa shape index (κ1) is 14.4. The van der Waals surface area contributed by atoms with E-state index in [2.05, 4.69) is 5.32 Å². The number of hydrogen-bond donors (Lipinski definition) is 2. The highest BCUT2D eigenvalue weighted by molar-refractivity contribution is 6.33. The third-order valence-electron chi connectivity index (χ3n) is 3.67. The second kappa shape index (κ2) is 5.93. The largest absolute Gasteiger partial charge is 0.389 e. The monoisotopic (exact) mass is 281 g/mol. The van der Waals surface area contributed by atoms with Crippen LogP contribution in [0.15, 0.2) is 18.2 Å². The van der Waals surface area contributed by atoms with Crippen LogP contribution in [0.1, 0.15) is 44.1 Å². The molecule has 0 saturated heterocycles. The zero-order chi connectivity index (χ0) is 13.9. The van der Waals surface area contributed by atoms with Gasteiger partial charge in [0, 0.05) is 0 Å². The van der Waals surface area contributed by atoms with E-state index in [1.165, 1.54) is 0 Å². The van der Waals surface area contributed by atoms with E-state index >= 15 is 0 Å². The summed E-state index contributed by atoms with van der Waals surface area (Å²) in [4.78, 5) is 12.0. The second-order valence-electron chi connectivity index (χ2n) is 5.49. The van der Waals surface area contributed by atoms with Crippen LogP contribution in [0.4, 0.5) is 5.69 Å².